The van der Waals surface area contributed by atoms with Crippen LogP contribution in [-0.4, -0.2) is 21.9 Å². The topological polar surface area (TPSA) is 81.0 Å². The fraction of sp³-hybridized carbons (Fsp3) is 0.333. The predicted molar refractivity (Wildman–Crippen MR) is 82.4 cm³/mol. The van der Waals surface area contributed by atoms with Crippen LogP contribution in [0.5, 0.6) is 0 Å². The Morgan fingerprint density at radius 2 is 2.10 bits per heavy atom. The number of nitrogens with zero attached hydrogens (tertiary/aromatic N) is 3. The number of nitrogens with one attached hydrogen (secondary N) is 1. The number of aryl methyl sites for hydroxylation is 2. The number of hydrogen-bond acceptors (Lipinski definition) is 5. The lowest BCUT2D eigenvalue weighted by molar-refractivity contribution is -0.385. The van der Waals surface area contributed by atoms with Gasteiger partial charge >= 0.3 is 5.69 Å². The molecule has 21 heavy (non-hydrogen) atoms. The molecule has 0 aliphatic heterocycles. The quantitative estimate of drug-likeness (QED) is 0.673. The van der Waals surface area contributed by atoms with Crippen molar-refractivity contribution < 1.29 is 4.92 Å². The lowest BCUT2D eigenvalue weighted by Gasteiger charge is -2.08. The molecule has 2 aromatic rings. The van der Waals surface area contributed by atoms with Gasteiger partial charge in [-0.15, -0.1) is 0 Å². The maximum absolute atomic E-state index is 11.3. The van der Waals surface area contributed by atoms with Crippen LogP contribution in [0.25, 0.3) is 11.3 Å². The molecule has 6 nitrogen and oxygen atoms in total. The molecule has 0 fully saturated rings. The van der Waals surface area contributed by atoms with Crippen molar-refractivity contribution >= 4 is 11.6 Å². The van der Waals surface area contributed by atoms with Gasteiger partial charge in [0.25, 0.3) is 0 Å². The molecule has 0 amide bonds. The molecular weight excluding hydrogens is 268 g/mol. The van der Waals surface area contributed by atoms with Crippen LogP contribution < -0.4 is 5.32 Å². The van der Waals surface area contributed by atoms with Gasteiger partial charge in [0.1, 0.15) is 5.69 Å². The number of benzene rings is 1. The SMILES string of the molecule is CCCc1cccc(-c2nc(NC)nc(C)c2[N+](=O)[O-])c1. The van der Waals surface area contributed by atoms with Crippen molar-refractivity contribution in [3.8, 4) is 11.3 Å². The summed E-state index contributed by atoms with van der Waals surface area (Å²) < 4.78 is 0. The van der Waals surface area contributed by atoms with Gasteiger partial charge < -0.3 is 5.32 Å². The first-order valence-corrected chi connectivity index (χ1v) is 6.87. The maximum atomic E-state index is 11.3. The van der Waals surface area contributed by atoms with Crippen LogP contribution in [0, 0.1) is 17.0 Å². The molecule has 0 saturated heterocycles. The summed E-state index contributed by atoms with van der Waals surface area (Å²) in [6.45, 7) is 3.73. The zero-order valence-corrected chi connectivity index (χ0v) is 12.4. The zero-order chi connectivity index (χ0) is 15.4. The maximum Gasteiger partial charge on any atom is 0.316 e. The third-order valence-electron chi connectivity index (χ3n) is 3.20. The van der Waals surface area contributed by atoms with E-state index >= 15 is 0 Å². The minimum atomic E-state index is -0.420. The van der Waals surface area contributed by atoms with Gasteiger partial charge in [0, 0.05) is 12.6 Å². The minimum absolute atomic E-state index is 0.0392. The number of anilines is 1. The van der Waals surface area contributed by atoms with E-state index in [4.69, 9.17) is 0 Å². The summed E-state index contributed by atoms with van der Waals surface area (Å²) in [5.41, 5.74) is 2.56. The highest BCUT2D eigenvalue weighted by Gasteiger charge is 2.23. The first-order valence-electron chi connectivity index (χ1n) is 6.87. The third-order valence-corrected chi connectivity index (χ3v) is 3.20. The number of nitro groups is 1. The van der Waals surface area contributed by atoms with Crippen LogP contribution in [0.2, 0.25) is 0 Å². The molecule has 2 rings (SSSR count). The number of hydrogen-bond donors (Lipinski definition) is 1. The Morgan fingerprint density at radius 3 is 2.71 bits per heavy atom. The highest BCUT2D eigenvalue weighted by molar-refractivity contribution is 5.72. The van der Waals surface area contributed by atoms with E-state index in [1.54, 1.807) is 14.0 Å². The summed E-state index contributed by atoms with van der Waals surface area (Å²) >= 11 is 0. The second-order valence-electron chi connectivity index (χ2n) is 4.79. The Morgan fingerprint density at radius 1 is 1.33 bits per heavy atom. The number of aromatic nitrogens is 2. The monoisotopic (exact) mass is 286 g/mol. The molecule has 1 N–H and O–H groups in total. The minimum Gasteiger partial charge on any atom is -0.357 e. The molecule has 0 spiro atoms. The Kier molecular flexibility index (Phi) is 4.47. The molecule has 0 atom stereocenters. The van der Waals surface area contributed by atoms with Gasteiger partial charge in [-0.05, 0) is 25.0 Å². The van der Waals surface area contributed by atoms with Crippen molar-refractivity contribution in [2.75, 3.05) is 12.4 Å². The molecule has 0 saturated carbocycles. The molecule has 1 heterocycles. The molecule has 0 aliphatic carbocycles. The molecule has 0 radical (unpaired) electrons. The van der Waals surface area contributed by atoms with Gasteiger partial charge in [0.15, 0.2) is 5.69 Å². The summed E-state index contributed by atoms with van der Waals surface area (Å²) in [5.74, 6) is 0.383. The molecule has 0 bridgehead atoms. The smallest absolute Gasteiger partial charge is 0.316 e. The van der Waals surface area contributed by atoms with Crippen molar-refractivity contribution in [3.05, 3.63) is 45.6 Å². The highest BCUT2D eigenvalue weighted by atomic mass is 16.6. The Labute approximate surface area is 123 Å². The van der Waals surface area contributed by atoms with Crippen LogP contribution in [0.4, 0.5) is 11.6 Å². The second-order valence-corrected chi connectivity index (χ2v) is 4.79. The Hall–Kier alpha value is -2.50. The van der Waals surface area contributed by atoms with Crippen molar-refractivity contribution in [3.63, 3.8) is 0 Å². The van der Waals surface area contributed by atoms with Gasteiger partial charge in [-0.25, -0.2) is 9.97 Å². The predicted octanol–water partition coefficient (Wildman–Crippen LogP) is 3.35. The first kappa shape index (κ1) is 14.9. The van der Waals surface area contributed by atoms with Gasteiger partial charge in [0.2, 0.25) is 5.95 Å². The summed E-state index contributed by atoms with van der Waals surface area (Å²) in [5, 5.41) is 14.2. The zero-order valence-electron chi connectivity index (χ0n) is 12.4. The Balaban J connectivity index is 2.63. The fourth-order valence-corrected chi connectivity index (χ4v) is 2.26. The van der Waals surface area contributed by atoms with Gasteiger partial charge in [-0.1, -0.05) is 31.5 Å². The van der Waals surface area contributed by atoms with E-state index in [9.17, 15) is 10.1 Å². The van der Waals surface area contributed by atoms with E-state index < -0.39 is 4.92 Å². The average molecular weight is 286 g/mol. The van der Waals surface area contributed by atoms with Gasteiger partial charge in [0.05, 0.1) is 4.92 Å². The largest absolute Gasteiger partial charge is 0.357 e. The average Bonchev–Trinajstić information content (AvgIpc) is 2.46. The Bertz CT molecular complexity index is 671. The van der Waals surface area contributed by atoms with Crippen LogP contribution >= 0.6 is 0 Å². The summed E-state index contributed by atoms with van der Waals surface area (Å²) in [6.07, 6.45) is 1.96. The van der Waals surface area contributed by atoms with E-state index in [2.05, 4.69) is 22.2 Å². The lowest BCUT2D eigenvalue weighted by Crippen LogP contribution is -2.05. The number of rotatable bonds is 5. The lowest BCUT2D eigenvalue weighted by atomic mass is 10.0. The highest BCUT2D eigenvalue weighted by Crippen LogP contribution is 2.31. The van der Waals surface area contributed by atoms with Gasteiger partial charge in [-0.2, -0.15) is 0 Å². The summed E-state index contributed by atoms with van der Waals surface area (Å²) in [6, 6.07) is 7.72. The van der Waals surface area contributed by atoms with Crippen LogP contribution in [0.15, 0.2) is 24.3 Å². The molecule has 0 unspecified atom stereocenters. The normalized spacial score (nSPS) is 10.4. The molecule has 110 valence electrons. The second kappa shape index (κ2) is 6.30. The van der Waals surface area contributed by atoms with E-state index in [-0.39, 0.29) is 5.69 Å². The van der Waals surface area contributed by atoms with Crippen LogP contribution in [0.1, 0.15) is 24.6 Å². The van der Waals surface area contributed by atoms with Crippen LogP contribution in [0.3, 0.4) is 0 Å². The third kappa shape index (κ3) is 3.16. The molecular formula is C15H18N4O2. The van der Waals surface area contributed by atoms with Crippen molar-refractivity contribution in [1.29, 1.82) is 0 Å². The van der Waals surface area contributed by atoms with E-state index in [1.165, 1.54) is 0 Å². The first-order chi connectivity index (χ1) is 10.1. The standard InChI is InChI=1S/C15H18N4O2/c1-4-6-11-7-5-8-12(9-11)13-14(19(20)21)10(2)17-15(16-3)18-13/h5,7-9H,4,6H2,1-3H3,(H,16,17,18). The molecule has 0 aliphatic rings. The van der Waals surface area contributed by atoms with E-state index in [0.29, 0.717) is 17.3 Å². The molecule has 1 aromatic heterocycles. The molecule has 6 heteroatoms. The molecule has 1 aromatic carbocycles. The van der Waals surface area contributed by atoms with E-state index in [0.717, 1.165) is 24.0 Å². The van der Waals surface area contributed by atoms with E-state index in [1.807, 2.05) is 24.3 Å². The fourth-order valence-electron chi connectivity index (χ4n) is 2.26. The van der Waals surface area contributed by atoms with Crippen LogP contribution in [-0.2, 0) is 6.42 Å². The van der Waals surface area contributed by atoms with Gasteiger partial charge in [-0.3, -0.25) is 10.1 Å². The van der Waals surface area contributed by atoms with Crippen molar-refractivity contribution in [1.82, 2.24) is 9.97 Å². The summed E-state index contributed by atoms with van der Waals surface area (Å²) in [4.78, 5) is 19.3. The van der Waals surface area contributed by atoms with Crippen molar-refractivity contribution in [2.45, 2.75) is 26.7 Å². The van der Waals surface area contributed by atoms with Crippen molar-refractivity contribution in [2.24, 2.45) is 0 Å². The summed E-state index contributed by atoms with van der Waals surface area (Å²) in [7, 11) is 1.69.